The maximum atomic E-state index is 12.1. The quantitative estimate of drug-likeness (QED) is 0.861. The number of aldehydes is 1. The van der Waals surface area contributed by atoms with Crippen LogP contribution in [0.2, 0.25) is 0 Å². The zero-order chi connectivity index (χ0) is 16.1. The van der Waals surface area contributed by atoms with Crippen LogP contribution >= 0.6 is 0 Å². The number of fused-ring (bicyclic) bond motifs is 1. The monoisotopic (exact) mass is 309 g/mol. The van der Waals surface area contributed by atoms with E-state index in [2.05, 4.69) is 11.4 Å². The maximum Gasteiger partial charge on any atom is 0.262 e. The van der Waals surface area contributed by atoms with Crippen molar-refractivity contribution < 1.29 is 14.3 Å². The SMILES string of the molecule is O=Cc1ccccc1OCC(=O)Nc1cccc2c1CCCC2. The molecule has 4 nitrogen and oxygen atoms in total. The van der Waals surface area contributed by atoms with E-state index >= 15 is 0 Å². The lowest BCUT2D eigenvalue weighted by molar-refractivity contribution is -0.118. The molecule has 0 bridgehead atoms. The molecule has 4 heteroatoms. The number of ether oxygens (including phenoxy) is 1. The lowest BCUT2D eigenvalue weighted by Gasteiger charge is -2.19. The molecule has 0 atom stereocenters. The molecule has 0 fully saturated rings. The van der Waals surface area contributed by atoms with Gasteiger partial charge in [0, 0.05) is 5.69 Å². The van der Waals surface area contributed by atoms with Gasteiger partial charge in [0.2, 0.25) is 0 Å². The van der Waals surface area contributed by atoms with E-state index in [0.717, 1.165) is 31.2 Å². The number of nitrogens with one attached hydrogen (secondary N) is 1. The Morgan fingerprint density at radius 3 is 2.78 bits per heavy atom. The summed E-state index contributed by atoms with van der Waals surface area (Å²) < 4.78 is 5.46. The van der Waals surface area contributed by atoms with Gasteiger partial charge < -0.3 is 10.1 Å². The van der Waals surface area contributed by atoms with Crippen LogP contribution in [0.4, 0.5) is 5.69 Å². The van der Waals surface area contributed by atoms with Gasteiger partial charge in [0.05, 0.1) is 5.56 Å². The summed E-state index contributed by atoms with van der Waals surface area (Å²) in [6, 6.07) is 12.9. The Morgan fingerprint density at radius 2 is 1.91 bits per heavy atom. The van der Waals surface area contributed by atoms with Crippen LogP contribution in [-0.4, -0.2) is 18.8 Å². The Kier molecular flexibility index (Phi) is 4.71. The molecule has 0 heterocycles. The number of anilines is 1. The second kappa shape index (κ2) is 7.09. The second-order valence-corrected chi connectivity index (χ2v) is 5.64. The van der Waals surface area contributed by atoms with Crippen molar-refractivity contribution in [1.29, 1.82) is 0 Å². The molecule has 0 spiro atoms. The highest BCUT2D eigenvalue weighted by Crippen LogP contribution is 2.27. The van der Waals surface area contributed by atoms with Crippen molar-refractivity contribution in [1.82, 2.24) is 0 Å². The summed E-state index contributed by atoms with van der Waals surface area (Å²) in [6.45, 7) is -0.117. The van der Waals surface area contributed by atoms with Gasteiger partial charge >= 0.3 is 0 Å². The molecule has 23 heavy (non-hydrogen) atoms. The second-order valence-electron chi connectivity index (χ2n) is 5.64. The van der Waals surface area contributed by atoms with E-state index in [0.29, 0.717) is 11.3 Å². The Hall–Kier alpha value is -2.62. The number of rotatable bonds is 5. The zero-order valence-electron chi connectivity index (χ0n) is 12.9. The Morgan fingerprint density at radius 1 is 1.09 bits per heavy atom. The number of hydrogen-bond acceptors (Lipinski definition) is 3. The van der Waals surface area contributed by atoms with Crippen molar-refractivity contribution in [2.45, 2.75) is 25.7 Å². The van der Waals surface area contributed by atoms with Crippen molar-refractivity contribution in [3.63, 3.8) is 0 Å². The number of hydrogen-bond donors (Lipinski definition) is 1. The average molecular weight is 309 g/mol. The number of carbonyl (C=O) groups excluding carboxylic acids is 2. The minimum atomic E-state index is -0.218. The van der Waals surface area contributed by atoms with E-state index in [1.807, 2.05) is 12.1 Å². The summed E-state index contributed by atoms with van der Waals surface area (Å²) in [4.78, 5) is 23.1. The van der Waals surface area contributed by atoms with Gasteiger partial charge in [-0.2, -0.15) is 0 Å². The first-order valence-electron chi connectivity index (χ1n) is 7.85. The van der Waals surface area contributed by atoms with Crippen LogP contribution in [0.1, 0.15) is 34.3 Å². The first-order valence-corrected chi connectivity index (χ1v) is 7.85. The molecular weight excluding hydrogens is 290 g/mol. The fourth-order valence-electron chi connectivity index (χ4n) is 2.94. The Bertz CT molecular complexity index is 724. The molecule has 0 saturated heterocycles. The molecule has 0 aliphatic heterocycles. The van der Waals surface area contributed by atoms with Crippen LogP contribution in [0.15, 0.2) is 42.5 Å². The highest BCUT2D eigenvalue weighted by atomic mass is 16.5. The third-order valence-electron chi connectivity index (χ3n) is 4.07. The summed E-state index contributed by atoms with van der Waals surface area (Å²) >= 11 is 0. The highest BCUT2D eigenvalue weighted by Gasteiger charge is 2.14. The van der Waals surface area contributed by atoms with Gasteiger partial charge in [0.15, 0.2) is 12.9 Å². The van der Waals surface area contributed by atoms with Gasteiger partial charge in [-0.3, -0.25) is 9.59 Å². The fourth-order valence-corrected chi connectivity index (χ4v) is 2.94. The molecule has 0 aromatic heterocycles. The molecule has 0 saturated carbocycles. The number of amides is 1. The minimum Gasteiger partial charge on any atom is -0.483 e. The molecule has 1 N–H and O–H groups in total. The van der Waals surface area contributed by atoms with Crippen LogP contribution in [-0.2, 0) is 17.6 Å². The van der Waals surface area contributed by atoms with E-state index < -0.39 is 0 Å². The van der Waals surface area contributed by atoms with Crippen LogP contribution in [0.3, 0.4) is 0 Å². The van der Waals surface area contributed by atoms with E-state index in [9.17, 15) is 9.59 Å². The molecule has 1 aliphatic rings. The summed E-state index contributed by atoms with van der Waals surface area (Å²) in [5.74, 6) is 0.206. The Balaban J connectivity index is 1.65. The first-order chi connectivity index (χ1) is 11.3. The van der Waals surface area contributed by atoms with Crippen molar-refractivity contribution in [3.8, 4) is 5.75 Å². The highest BCUT2D eigenvalue weighted by molar-refractivity contribution is 5.93. The standard InChI is InChI=1S/C19H19NO3/c21-12-15-7-2-4-11-18(15)23-13-19(22)20-17-10-5-8-14-6-1-3-9-16(14)17/h2,4-5,7-8,10-12H,1,3,6,9,13H2,(H,20,22). The predicted molar refractivity (Wildman–Crippen MR) is 89.0 cm³/mol. The van der Waals surface area contributed by atoms with Gasteiger partial charge in [0.25, 0.3) is 5.91 Å². The first kappa shape index (κ1) is 15.3. The largest absolute Gasteiger partial charge is 0.483 e. The lowest BCUT2D eigenvalue weighted by Crippen LogP contribution is -2.22. The van der Waals surface area contributed by atoms with E-state index in [-0.39, 0.29) is 12.5 Å². The zero-order valence-corrected chi connectivity index (χ0v) is 12.9. The topological polar surface area (TPSA) is 55.4 Å². The van der Waals surface area contributed by atoms with Crippen LogP contribution in [0.5, 0.6) is 5.75 Å². The third kappa shape index (κ3) is 3.59. The summed E-state index contributed by atoms with van der Waals surface area (Å²) in [6.07, 6.45) is 5.16. The Labute approximate surface area is 135 Å². The average Bonchev–Trinajstić information content (AvgIpc) is 2.60. The van der Waals surface area contributed by atoms with E-state index in [1.54, 1.807) is 24.3 Å². The van der Waals surface area contributed by atoms with Crippen molar-refractivity contribution >= 4 is 17.9 Å². The summed E-state index contributed by atoms with van der Waals surface area (Å²) in [7, 11) is 0. The fraction of sp³-hybridized carbons (Fsp3) is 0.263. The number of para-hydroxylation sites is 1. The van der Waals surface area contributed by atoms with Crippen LogP contribution in [0, 0.1) is 0 Å². The minimum absolute atomic E-state index is 0.117. The van der Waals surface area contributed by atoms with Gasteiger partial charge in [0.1, 0.15) is 5.75 Å². The lowest BCUT2D eigenvalue weighted by atomic mass is 9.90. The molecule has 0 unspecified atom stereocenters. The molecule has 3 rings (SSSR count). The third-order valence-corrected chi connectivity index (χ3v) is 4.07. The molecule has 1 aliphatic carbocycles. The number of carbonyl (C=O) groups is 2. The van der Waals surface area contributed by atoms with Crippen LogP contribution < -0.4 is 10.1 Å². The smallest absolute Gasteiger partial charge is 0.262 e. The molecule has 1 amide bonds. The number of aryl methyl sites for hydroxylation is 1. The van der Waals surface area contributed by atoms with Crippen molar-refractivity contribution in [3.05, 3.63) is 59.2 Å². The predicted octanol–water partition coefficient (Wildman–Crippen LogP) is 3.40. The van der Waals surface area contributed by atoms with Crippen molar-refractivity contribution in [2.75, 3.05) is 11.9 Å². The molecular formula is C19H19NO3. The maximum absolute atomic E-state index is 12.1. The number of benzene rings is 2. The van der Waals surface area contributed by atoms with Gasteiger partial charge in [-0.15, -0.1) is 0 Å². The molecule has 118 valence electrons. The van der Waals surface area contributed by atoms with Crippen molar-refractivity contribution in [2.24, 2.45) is 0 Å². The van der Waals surface area contributed by atoms with Gasteiger partial charge in [-0.1, -0.05) is 24.3 Å². The van der Waals surface area contributed by atoms with E-state index in [4.69, 9.17) is 4.74 Å². The molecule has 2 aromatic carbocycles. The normalized spacial score (nSPS) is 13.0. The summed E-state index contributed by atoms with van der Waals surface area (Å²) in [5.41, 5.74) is 3.87. The van der Waals surface area contributed by atoms with Crippen LogP contribution in [0.25, 0.3) is 0 Å². The van der Waals surface area contributed by atoms with Gasteiger partial charge in [-0.25, -0.2) is 0 Å². The van der Waals surface area contributed by atoms with E-state index in [1.165, 1.54) is 17.5 Å². The molecule has 2 aromatic rings. The summed E-state index contributed by atoms with van der Waals surface area (Å²) in [5, 5.41) is 2.93. The van der Waals surface area contributed by atoms with Gasteiger partial charge in [-0.05, 0) is 55.0 Å². The molecule has 0 radical (unpaired) electrons.